The average Bonchev–Trinajstić information content (AvgIpc) is 2.42. The summed E-state index contributed by atoms with van der Waals surface area (Å²) in [6, 6.07) is 5.27. The molecule has 7 heteroatoms. The molecule has 2 N–H and O–H groups in total. The Morgan fingerprint density at radius 1 is 1.05 bits per heavy atom. The molecule has 1 atom stereocenters. The minimum atomic E-state index is -1.14. The number of hydrogen-bond donors (Lipinski definition) is 2. The number of carbonyl (C=O) groups is 4. The first-order valence-electron chi connectivity index (χ1n) is 6.04. The smallest absolute Gasteiger partial charge is 0.335 e. The number of thioether (sulfide) groups is 1. The molecule has 0 radical (unpaired) electrons. The van der Waals surface area contributed by atoms with Crippen molar-refractivity contribution in [3.05, 3.63) is 35.4 Å². The van der Waals surface area contributed by atoms with Gasteiger partial charge in [-0.2, -0.15) is 0 Å². The van der Waals surface area contributed by atoms with E-state index in [0.29, 0.717) is 0 Å². The van der Waals surface area contributed by atoms with Crippen molar-refractivity contribution in [3.63, 3.8) is 0 Å². The molecule has 6 nitrogen and oxygen atoms in total. The van der Waals surface area contributed by atoms with E-state index in [2.05, 4.69) is 0 Å². The van der Waals surface area contributed by atoms with Crippen LogP contribution in [0.25, 0.3) is 0 Å². The number of benzene rings is 1. The number of rotatable bonds is 7. The molecular formula is C14H14O6S. The Balaban J connectivity index is 2.74. The Hall–Kier alpha value is -2.15. The summed E-state index contributed by atoms with van der Waals surface area (Å²) in [5, 5.41) is 17.6. The van der Waals surface area contributed by atoms with Gasteiger partial charge < -0.3 is 10.2 Å². The molecule has 0 heterocycles. The number of Topliss-reactive ketones (excluding diaryl/α,β-unsaturated/α-hetero) is 1. The predicted octanol–water partition coefficient (Wildman–Crippen LogP) is 1.94. The van der Waals surface area contributed by atoms with Crippen LogP contribution in [-0.4, -0.2) is 38.8 Å². The van der Waals surface area contributed by atoms with Crippen molar-refractivity contribution in [1.29, 1.82) is 0 Å². The number of aliphatic carboxylic acids is 1. The summed E-state index contributed by atoms with van der Waals surface area (Å²) >= 11 is 0.862. The summed E-state index contributed by atoms with van der Waals surface area (Å²) < 4.78 is 0. The van der Waals surface area contributed by atoms with Crippen molar-refractivity contribution >= 4 is 34.6 Å². The first-order chi connectivity index (χ1) is 9.81. The van der Waals surface area contributed by atoms with E-state index in [1.165, 1.54) is 31.2 Å². The highest BCUT2D eigenvalue weighted by atomic mass is 32.2. The van der Waals surface area contributed by atoms with Crippen molar-refractivity contribution in [2.75, 3.05) is 5.75 Å². The lowest BCUT2D eigenvalue weighted by atomic mass is 9.99. The Kier molecular flexibility index (Phi) is 6.10. The lowest BCUT2D eigenvalue weighted by molar-refractivity contribution is -0.140. The normalized spacial score (nSPS) is 11.7. The molecule has 0 saturated heterocycles. The van der Waals surface area contributed by atoms with E-state index in [4.69, 9.17) is 10.2 Å². The van der Waals surface area contributed by atoms with Crippen molar-refractivity contribution in [2.24, 2.45) is 5.92 Å². The largest absolute Gasteiger partial charge is 0.481 e. The maximum absolute atomic E-state index is 12.0. The molecule has 0 aliphatic carbocycles. The van der Waals surface area contributed by atoms with Crippen LogP contribution in [0.15, 0.2) is 24.3 Å². The Bertz CT molecular complexity index is 563. The minimum absolute atomic E-state index is 0.0314. The molecule has 21 heavy (non-hydrogen) atoms. The van der Waals surface area contributed by atoms with E-state index in [1.807, 2.05) is 0 Å². The third-order valence-electron chi connectivity index (χ3n) is 2.72. The molecule has 0 spiro atoms. The number of carboxylic acids is 2. The van der Waals surface area contributed by atoms with Gasteiger partial charge in [-0.1, -0.05) is 23.9 Å². The summed E-state index contributed by atoms with van der Waals surface area (Å²) in [7, 11) is 0. The molecule has 1 unspecified atom stereocenters. The van der Waals surface area contributed by atoms with E-state index in [-0.39, 0.29) is 28.4 Å². The molecule has 0 amide bonds. The van der Waals surface area contributed by atoms with Crippen LogP contribution >= 0.6 is 11.8 Å². The molecule has 0 aromatic heterocycles. The van der Waals surface area contributed by atoms with Gasteiger partial charge in [-0.3, -0.25) is 14.4 Å². The van der Waals surface area contributed by atoms with Crippen molar-refractivity contribution in [1.82, 2.24) is 0 Å². The number of ketones is 1. The van der Waals surface area contributed by atoms with E-state index >= 15 is 0 Å². The fraction of sp³-hybridized carbons (Fsp3) is 0.286. The molecule has 0 fully saturated rings. The number of carboxylic acid groups (broad SMARTS) is 2. The van der Waals surface area contributed by atoms with Gasteiger partial charge in [0.2, 0.25) is 0 Å². The standard InChI is InChI=1S/C14H14O6S/c1-8(15)21-7-11(14(19)20)6-12(16)9-2-4-10(5-3-9)13(17)18/h2-5,11H,6-7H2,1H3,(H,17,18)(H,19,20). The second kappa shape index (κ2) is 7.58. The predicted molar refractivity (Wildman–Crippen MR) is 76.6 cm³/mol. The van der Waals surface area contributed by atoms with Crippen LogP contribution < -0.4 is 0 Å². The fourth-order valence-electron chi connectivity index (χ4n) is 1.58. The maximum atomic E-state index is 12.0. The molecule has 1 aromatic carbocycles. The monoisotopic (exact) mass is 310 g/mol. The van der Waals surface area contributed by atoms with Crippen LogP contribution in [-0.2, 0) is 9.59 Å². The quantitative estimate of drug-likeness (QED) is 0.741. The molecule has 1 aromatic rings. The molecule has 0 aliphatic heterocycles. The van der Waals surface area contributed by atoms with Gasteiger partial charge in [-0.15, -0.1) is 0 Å². The van der Waals surface area contributed by atoms with Gasteiger partial charge in [0.15, 0.2) is 10.9 Å². The first-order valence-corrected chi connectivity index (χ1v) is 7.02. The van der Waals surface area contributed by atoms with E-state index in [9.17, 15) is 19.2 Å². The maximum Gasteiger partial charge on any atom is 0.335 e. The van der Waals surface area contributed by atoms with Gasteiger partial charge in [-0.05, 0) is 12.1 Å². The fourth-order valence-corrected chi connectivity index (χ4v) is 2.27. The zero-order valence-corrected chi connectivity index (χ0v) is 12.1. The highest BCUT2D eigenvalue weighted by Gasteiger charge is 2.22. The first kappa shape index (κ1) is 16.9. The Morgan fingerprint density at radius 3 is 2.00 bits per heavy atom. The lowest BCUT2D eigenvalue weighted by Gasteiger charge is -2.10. The SMILES string of the molecule is CC(=O)SCC(CC(=O)c1ccc(C(=O)O)cc1)C(=O)O. The lowest BCUT2D eigenvalue weighted by Crippen LogP contribution is -2.21. The van der Waals surface area contributed by atoms with Gasteiger partial charge in [0.25, 0.3) is 0 Å². The van der Waals surface area contributed by atoms with Crippen LogP contribution in [0.3, 0.4) is 0 Å². The zero-order chi connectivity index (χ0) is 16.0. The molecule has 0 bridgehead atoms. The molecule has 0 saturated carbocycles. The second-order valence-corrected chi connectivity index (χ2v) is 5.54. The van der Waals surface area contributed by atoms with Crippen molar-refractivity contribution < 1.29 is 29.4 Å². The highest BCUT2D eigenvalue weighted by Crippen LogP contribution is 2.17. The minimum Gasteiger partial charge on any atom is -0.481 e. The molecule has 112 valence electrons. The van der Waals surface area contributed by atoms with Gasteiger partial charge in [0, 0.05) is 24.7 Å². The number of carbonyl (C=O) groups excluding carboxylic acids is 2. The van der Waals surface area contributed by atoms with Crippen LogP contribution in [0.5, 0.6) is 0 Å². The van der Waals surface area contributed by atoms with Crippen molar-refractivity contribution in [2.45, 2.75) is 13.3 Å². The highest BCUT2D eigenvalue weighted by molar-refractivity contribution is 8.13. The molecular weight excluding hydrogens is 296 g/mol. The van der Waals surface area contributed by atoms with Crippen LogP contribution in [0, 0.1) is 5.92 Å². The number of hydrogen-bond acceptors (Lipinski definition) is 5. The summed E-state index contributed by atoms with van der Waals surface area (Å²) in [4.78, 5) is 44.6. The summed E-state index contributed by atoms with van der Waals surface area (Å²) in [6.45, 7) is 1.33. The zero-order valence-electron chi connectivity index (χ0n) is 11.2. The van der Waals surface area contributed by atoms with Crippen LogP contribution in [0.1, 0.15) is 34.1 Å². The van der Waals surface area contributed by atoms with Gasteiger partial charge in [0.05, 0.1) is 11.5 Å². The second-order valence-electron chi connectivity index (χ2n) is 4.35. The summed E-state index contributed by atoms with van der Waals surface area (Å²) in [5.74, 6) is -3.56. The number of aromatic carboxylic acids is 1. The van der Waals surface area contributed by atoms with E-state index in [1.54, 1.807) is 0 Å². The van der Waals surface area contributed by atoms with Gasteiger partial charge >= 0.3 is 11.9 Å². The third kappa shape index (κ3) is 5.39. The van der Waals surface area contributed by atoms with E-state index in [0.717, 1.165) is 11.8 Å². The van der Waals surface area contributed by atoms with Crippen LogP contribution in [0.2, 0.25) is 0 Å². The Morgan fingerprint density at radius 2 is 1.57 bits per heavy atom. The van der Waals surface area contributed by atoms with Gasteiger partial charge in [-0.25, -0.2) is 4.79 Å². The van der Waals surface area contributed by atoms with Crippen LogP contribution in [0.4, 0.5) is 0 Å². The molecule has 1 rings (SSSR count). The van der Waals surface area contributed by atoms with E-state index < -0.39 is 23.6 Å². The molecule has 0 aliphatic rings. The average molecular weight is 310 g/mol. The van der Waals surface area contributed by atoms with Gasteiger partial charge in [0.1, 0.15) is 0 Å². The summed E-state index contributed by atoms with van der Waals surface area (Å²) in [6.07, 6.45) is -0.234. The summed E-state index contributed by atoms with van der Waals surface area (Å²) in [5.41, 5.74) is 0.299. The topological polar surface area (TPSA) is 109 Å². The van der Waals surface area contributed by atoms with Crippen molar-refractivity contribution in [3.8, 4) is 0 Å². The Labute approximate surface area is 125 Å². The third-order valence-corrected chi connectivity index (χ3v) is 3.70.